The van der Waals surface area contributed by atoms with Gasteiger partial charge in [-0.1, -0.05) is 13.3 Å². The van der Waals surface area contributed by atoms with Crippen LogP contribution in [0.5, 0.6) is 0 Å². The molecule has 1 heterocycles. The molecule has 2 rings (SSSR count). The fourth-order valence-corrected chi connectivity index (χ4v) is 2.57. The van der Waals surface area contributed by atoms with Crippen molar-refractivity contribution >= 4 is 0 Å². The van der Waals surface area contributed by atoms with Gasteiger partial charge >= 0.3 is 0 Å². The Kier molecular flexibility index (Phi) is 3.84. The van der Waals surface area contributed by atoms with Gasteiger partial charge in [0, 0.05) is 12.5 Å². The van der Waals surface area contributed by atoms with Crippen LogP contribution in [0.4, 0.5) is 0 Å². The van der Waals surface area contributed by atoms with Crippen molar-refractivity contribution < 1.29 is 4.42 Å². The predicted molar refractivity (Wildman–Crippen MR) is 61.8 cm³/mol. The summed E-state index contributed by atoms with van der Waals surface area (Å²) in [6, 6.07) is 4.79. The number of nitrogens with one attached hydrogen (secondary N) is 1. The van der Waals surface area contributed by atoms with Crippen molar-refractivity contribution in [1.82, 2.24) is 5.32 Å². The van der Waals surface area contributed by atoms with Gasteiger partial charge in [-0.15, -0.1) is 0 Å². The molecular weight excluding hydrogens is 186 g/mol. The minimum atomic E-state index is 0.718. The largest absolute Gasteiger partial charge is 0.469 e. The molecule has 2 atom stereocenters. The van der Waals surface area contributed by atoms with Gasteiger partial charge in [-0.3, -0.25) is 0 Å². The molecule has 0 aliphatic heterocycles. The van der Waals surface area contributed by atoms with Crippen molar-refractivity contribution in [3.63, 3.8) is 0 Å². The van der Waals surface area contributed by atoms with E-state index in [-0.39, 0.29) is 0 Å². The minimum absolute atomic E-state index is 0.718. The van der Waals surface area contributed by atoms with E-state index in [1.807, 2.05) is 6.07 Å². The van der Waals surface area contributed by atoms with E-state index in [2.05, 4.69) is 18.3 Å². The molecule has 15 heavy (non-hydrogen) atoms. The maximum atomic E-state index is 5.42. The lowest BCUT2D eigenvalue weighted by Gasteiger charge is -2.19. The molecule has 1 N–H and O–H groups in total. The Labute approximate surface area is 92.1 Å². The monoisotopic (exact) mass is 207 g/mol. The van der Waals surface area contributed by atoms with Gasteiger partial charge in [-0.05, 0) is 43.9 Å². The molecule has 1 fully saturated rings. The number of hydrogen-bond acceptors (Lipinski definition) is 2. The lowest BCUT2D eigenvalue weighted by atomic mass is 9.98. The molecule has 0 spiro atoms. The first-order valence-electron chi connectivity index (χ1n) is 6.16. The summed E-state index contributed by atoms with van der Waals surface area (Å²) in [4.78, 5) is 0. The highest BCUT2D eigenvalue weighted by molar-refractivity contribution is 5.01. The Morgan fingerprint density at radius 3 is 3.13 bits per heavy atom. The third kappa shape index (κ3) is 2.85. The molecule has 1 saturated carbocycles. The van der Waals surface area contributed by atoms with Crippen molar-refractivity contribution in [2.45, 2.75) is 45.1 Å². The molecule has 1 aromatic rings. The zero-order valence-electron chi connectivity index (χ0n) is 9.54. The third-order valence-corrected chi connectivity index (χ3v) is 3.36. The molecule has 0 aromatic carbocycles. The van der Waals surface area contributed by atoms with E-state index < -0.39 is 0 Å². The van der Waals surface area contributed by atoms with Gasteiger partial charge < -0.3 is 9.73 Å². The van der Waals surface area contributed by atoms with Crippen LogP contribution in [0.25, 0.3) is 0 Å². The van der Waals surface area contributed by atoms with Crippen LogP contribution in [0.1, 0.15) is 38.4 Å². The molecule has 2 unspecified atom stereocenters. The Morgan fingerprint density at radius 2 is 2.40 bits per heavy atom. The normalized spacial score (nSPS) is 25.9. The molecule has 2 heteroatoms. The van der Waals surface area contributed by atoms with Crippen LogP contribution < -0.4 is 5.32 Å². The van der Waals surface area contributed by atoms with Crippen LogP contribution in [-0.2, 0) is 6.42 Å². The summed E-state index contributed by atoms with van der Waals surface area (Å²) in [6.45, 7) is 3.38. The second-order valence-corrected chi connectivity index (χ2v) is 4.54. The second-order valence-electron chi connectivity index (χ2n) is 4.54. The van der Waals surface area contributed by atoms with Crippen LogP contribution >= 0.6 is 0 Å². The zero-order valence-corrected chi connectivity index (χ0v) is 9.54. The van der Waals surface area contributed by atoms with Gasteiger partial charge in [0.1, 0.15) is 5.76 Å². The summed E-state index contributed by atoms with van der Waals surface area (Å²) in [7, 11) is 0. The highest BCUT2D eigenvalue weighted by Crippen LogP contribution is 2.28. The van der Waals surface area contributed by atoms with Crippen molar-refractivity contribution in [3.05, 3.63) is 24.2 Å². The summed E-state index contributed by atoms with van der Waals surface area (Å²) in [6.07, 6.45) is 8.16. The van der Waals surface area contributed by atoms with Gasteiger partial charge in [-0.25, -0.2) is 0 Å². The third-order valence-electron chi connectivity index (χ3n) is 3.36. The quantitative estimate of drug-likeness (QED) is 0.803. The molecule has 0 bridgehead atoms. The molecule has 1 aliphatic carbocycles. The van der Waals surface area contributed by atoms with Gasteiger partial charge in [0.2, 0.25) is 0 Å². The number of rotatable bonds is 5. The standard InChI is InChI=1S/C13H21NO/c1-2-8-14-13-7-3-5-11(13)10-12-6-4-9-15-12/h4,6,9,11,13-14H,2-3,5,7-8,10H2,1H3. The van der Waals surface area contributed by atoms with E-state index in [0.29, 0.717) is 0 Å². The van der Waals surface area contributed by atoms with E-state index in [1.54, 1.807) is 6.26 Å². The lowest BCUT2D eigenvalue weighted by molar-refractivity contribution is 0.369. The van der Waals surface area contributed by atoms with Gasteiger partial charge in [0.05, 0.1) is 6.26 Å². The van der Waals surface area contributed by atoms with Gasteiger partial charge in [0.15, 0.2) is 0 Å². The Hall–Kier alpha value is -0.760. The first-order chi connectivity index (χ1) is 7.40. The Bertz CT molecular complexity index is 268. The molecular formula is C13H21NO. The van der Waals surface area contributed by atoms with Crippen molar-refractivity contribution in [2.75, 3.05) is 6.54 Å². The maximum Gasteiger partial charge on any atom is 0.104 e. The highest BCUT2D eigenvalue weighted by atomic mass is 16.3. The first kappa shape index (κ1) is 10.7. The van der Waals surface area contributed by atoms with E-state index in [0.717, 1.165) is 30.7 Å². The average molecular weight is 207 g/mol. The summed E-state index contributed by atoms with van der Waals surface area (Å²) in [5.41, 5.74) is 0. The molecule has 0 amide bonds. The molecule has 2 nitrogen and oxygen atoms in total. The van der Waals surface area contributed by atoms with E-state index in [1.165, 1.54) is 25.7 Å². The smallest absolute Gasteiger partial charge is 0.104 e. The second kappa shape index (κ2) is 5.36. The van der Waals surface area contributed by atoms with Crippen molar-refractivity contribution in [2.24, 2.45) is 5.92 Å². The highest BCUT2D eigenvalue weighted by Gasteiger charge is 2.27. The summed E-state index contributed by atoms with van der Waals surface area (Å²) in [5, 5.41) is 3.65. The summed E-state index contributed by atoms with van der Waals surface area (Å²) < 4.78 is 5.42. The molecule has 1 aromatic heterocycles. The summed E-state index contributed by atoms with van der Waals surface area (Å²) >= 11 is 0. The Balaban J connectivity index is 1.85. The number of furan rings is 1. The average Bonchev–Trinajstić information content (AvgIpc) is 2.87. The summed E-state index contributed by atoms with van der Waals surface area (Å²) in [5.74, 6) is 1.92. The minimum Gasteiger partial charge on any atom is -0.469 e. The first-order valence-corrected chi connectivity index (χ1v) is 6.16. The topological polar surface area (TPSA) is 25.2 Å². The van der Waals surface area contributed by atoms with E-state index in [4.69, 9.17) is 4.42 Å². The van der Waals surface area contributed by atoms with Crippen LogP contribution in [-0.4, -0.2) is 12.6 Å². The Morgan fingerprint density at radius 1 is 1.47 bits per heavy atom. The van der Waals surface area contributed by atoms with E-state index in [9.17, 15) is 0 Å². The maximum absolute atomic E-state index is 5.42. The van der Waals surface area contributed by atoms with Crippen LogP contribution in [0.3, 0.4) is 0 Å². The SMILES string of the molecule is CCCNC1CCCC1Cc1ccco1. The van der Waals surface area contributed by atoms with Crippen molar-refractivity contribution in [1.29, 1.82) is 0 Å². The fourth-order valence-electron chi connectivity index (χ4n) is 2.57. The van der Waals surface area contributed by atoms with Crippen LogP contribution in [0, 0.1) is 5.92 Å². The van der Waals surface area contributed by atoms with Gasteiger partial charge in [-0.2, -0.15) is 0 Å². The molecule has 0 saturated heterocycles. The van der Waals surface area contributed by atoms with Gasteiger partial charge in [0.25, 0.3) is 0 Å². The molecule has 1 aliphatic rings. The fraction of sp³-hybridized carbons (Fsp3) is 0.692. The van der Waals surface area contributed by atoms with Crippen LogP contribution in [0.15, 0.2) is 22.8 Å². The van der Waals surface area contributed by atoms with Crippen molar-refractivity contribution in [3.8, 4) is 0 Å². The zero-order chi connectivity index (χ0) is 10.5. The predicted octanol–water partition coefficient (Wildman–Crippen LogP) is 2.99. The van der Waals surface area contributed by atoms with E-state index >= 15 is 0 Å². The molecule has 0 radical (unpaired) electrons. The lowest BCUT2D eigenvalue weighted by Crippen LogP contribution is -2.33. The molecule has 84 valence electrons. The van der Waals surface area contributed by atoms with Crippen LogP contribution in [0.2, 0.25) is 0 Å². The number of hydrogen-bond donors (Lipinski definition) is 1.